The van der Waals surface area contributed by atoms with Gasteiger partial charge in [-0.1, -0.05) is 140 Å². The molecule has 0 saturated heterocycles. The number of hydrogen-bond acceptors (Lipinski definition) is 1. The van der Waals surface area contributed by atoms with Crippen LogP contribution in [-0.4, -0.2) is 4.57 Å². The Balaban J connectivity index is 1.24. The van der Waals surface area contributed by atoms with E-state index in [-0.39, 0.29) is 0 Å². The summed E-state index contributed by atoms with van der Waals surface area (Å²) < 4.78 is 8.83. The van der Waals surface area contributed by atoms with Gasteiger partial charge in [0.05, 0.1) is 11.0 Å². The molecule has 2 heteroatoms. The van der Waals surface area contributed by atoms with Crippen LogP contribution in [0.4, 0.5) is 0 Å². The number of furan rings is 1. The number of benzene rings is 8. The molecule has 0 fully saturated rings. The van der Waals surface area contributed by atoms with Crippen molar-refractivity contribution in [2.24, 2.45) is 0 Å². The Morgan fingerprint density at radius 1 is 0.320 bits per heavy atom. The fourth-order valence-electron chi connectivity index (χ4n) is 7.61. The quantitative estimate of drug-likeness (QED) is 0.184. The van der Waals surface area contributed by atoms with E-state index in [9.17, 15) is 0 Å². The molecule has 8 aromatic carbocycles. The second-order valence-corrected chi connectivity index (χ2v) is 12.9. The van der Waals surface area contributed by atoms with Crippen LogP contribution in [0.15, 0.2) is 192 Å². The SMILES string of the molecule is c1ccc(-c2cc(-c3ccccc3)cc(-n3c4ccccc4c4cccc(-c5ccc6oc7ccc(-c8ccccc8)cc7c6c5)c43)c2)cc1. The van der Waals surface area contributed by atoms with Gasteiger partial charge in [0.1, 0.15) is 11.2 Å². The second-order valence-electron chi connectivity index (χ2n) is 12.9. The highest BCUT2D eigenvalue weighted by Gasteiger charge is 2.19. The van der Waals surface area contributed by atoms with E-state index in [0.29, 0.717) is 0 Å². The second kappa shape index (κ2) is 11.5. The van der Waals surface area contributed by atoms with Crippen molar-refractivity contribution in [3.63, 3.8) is 0 Å². The van der Waals surface area contributed by atoms with Crippen LogP contribution in [0, 0.1) is 0 Å². The molecule has 0 aliphatic rings. The number of hydrogen-bond donors (Lipinski definition) is 0. The molecule has 0 saturated carbocycles. The van der Waals surface area contributed by atoms with Crippen LogP contribution >= 0.6 is 0 Å². The molecule has 0 unspecified atom stereocenters. The van der Waals surface area contributed by atoms with E-state index in [1.54, 1.807) is 0 Å². The summed E-state index contributed by atoms with van der Waals surface area (Å²) in [6.07, 6.45) is 0. The molecule has 50 heavy (non-hydrogen) atoms. The normalized spacial score (nSPS) is 11.6. The molecule has 0 N–H and O–H groups in total. The van der Waals surface area contributed by atoms with E-state index >= 15 is 0 Å². The molecule has 0 aliphatic carbocycles. The molecule has 2 nitrogen and oxygen atoms in total. The summed E-state index contributed by atoms with van der Waals surface area (Å²) in [6.45, 7) is 0. The zero-order valence-electron chi connectivity index (χ0n) is 27.3. The number of nitrogens with zero attached hydrogens (tertiary/aromatic N) is 1. The molecule has 0 aliphatic heterocycles. The lowest BCUT2D eigenvalue weighted by molar-refractivity contribution is 0.669. The van der Waals surface area contributed by atoms with Gasteiger partial charge < -0.3 is 8.98 Å². The fourth-order valence-corrected chi connectivity index (χ4v) is 7.61. The summed E-state index contributed by atoms with van der Waals surface area (Å²) in [4.78, 5) is 0. The average Bonchev–Trinajstić information content (AvgIpc) is 3.74. The number of aromatic nitrogens is 1. The Kier molecular flexibility index (Phi) is 6.53. The molecule has 234 valence electrons. The molecule has 0 amide bonds. The third-order valence-electron chi connectivity index (χ3n) is 9.97. The van der Waals surface area contributed by atoms with Gasteiger partial charge in [0, 0.05) is 32.8 Å². The Labute approximate surface area is 290 Å². The van der Waals surface area contributed by atoms with Gasteiger partial charge in [-0.15, -0.1) is 0 Å². The number of para-hydroxylation sites is 2. The van der Waals surface area contributed by atoms with Crippen LogP contribution in [-0.2, 0) is 0 Å². The maximum absolute atomic E-state index is 6.37. The maximum atomic E-state index is 6.37. The largest absolute Gasteiger partial charge is 0.456 e. The lowest BCUT2D eigenvalue weighted by Crippen LogP contribution is -1.97. The minimum Gasteiger partial charge on any atom is -0.456 e. The van der Waals surface area contributed by atoms with Crippen molar-refractivity contribution < 1.29 is 4.42 Å². The Hall–Kier alpha value is -6.64. The van der Waals surface area contributed by atoms with Crippen LogP contribution in [0.2, 0.25) is 0 Å². The minimum atomic E-state index is 0.893. The van der Waals surface area contributed by atoms with E-state index in [0.717, 1.165) is 33.2 Å². The number of fused-ring (bicyclic) bond motifs is 6. The first-order chi connectivity index (χ1) is 24.8. The third-order valence-corrected chi connectivity index (χ3v) is 9.97. The van der Waals surface area contributed by atoms with Gasteiger partial charge in [0.25, 0.3) is 0 Å². The molecule has 10 aromatic rings. The highest BCUT2D eigenvalue weighted by atomic mass is 16.3. The van der Waals surface area contributed by atoms with Crippen LogP contribution in [0.1, 0.15) is 0 Å². The molecule has 2 heterocycles. The highest BCUT2D eigenvalue weighted by Crippen LogP contribution is 2.42. The summed E-state index contributed by atoms with van der Waals surface area (Å²) >= 11 is 0. The van der Waals surface area contributed by atoms with Gasteiger partial charge in [-0.2, -0.15) is 0 Å². The van der Waals surface area contributed by atoms with Crippen molar-refractivity contribution >= 4 is 43.7 Å². The standard InChI is InChI=1S/C48H31NO/c1-4-13-32(14-5-1)35-23-25-46-43(30-35)44-31-36(24-26-47(44)50-46)40-20-12-21-42-41-19-10-11-22-45(41)49(48(40)42)39-28-37(33-15-6-2-7-16-33)27-38(29-39)34-17-8-3-9-18-34/h1-31H. The van der Waals surface area contributed by atoms with E-state index in [4.69, 9.17) is 4.42 Å². The van der Waals surface area contributed by atoms with Crippen LogP contribution < -0.4 is 0 Å². The first kappa shape index (κ1) is 28.4. The van der Waals surface area contributed by atoms with E-state index in [1.165, 1.54) is 60.8 Å². The van der Waals surface area contributed by atoms with Gasteiger partial charge in [-0.25, -0.2) is 0 Å². The molecule has 0 bridgehead atoms. The van der Waals surface area contributed by atoms with Crippen LogP contribution in [0.25, 0.3) is 93.9 Å². The summed E-state index contributed by atoms with van der Waals surface area (Å²) in [6, 6.07) is 67.5. The molecule has 10 rings (SSSR count). The predicted molar refractivity (Wildman–Crippen MR) is 210 cm³/mol. The van der Waals surface area contributed by atoms with Crippen molar-refractivity contribution in [3.8, 4) is 50.2 Å². The van der Waals surface area contributed by atoms with Crippen molar-refractivity contribution in [2.75, 3.05) is 0 Å². The average molecular weight is 638 g/mol. The van der Waals surface area contributed by atoms with Gasteiger partial charge >= 0.3 is 0 Å². The van der Waals surface area contributed by atoms with E-state index in [2.05, 4.69) is 193 Å². The molecular formula is C48H31NO. The summed E-state index contributed by atoms with van der Waals surface area (Å²) in [5.74, 6) is 0. The van der Waals surface area contributed by atoms with Crippen LogP contribution in [0.5, 0.6) is 0 Å². The fraction of sp³-hybridized carbons (Fsp3) is 0. The molecule has 0 radical (unpaired) electrons. The minimum absolute atomic E-state index is 0.893. The zero-order valence-corrected chi connectivity index (χ0v) is 27.3. The first-order valence-corrected chi connectivity index (χ1v) is 17.1. The summed E-state index contributed by atoms with van der Waals surface area (Å²) in [5, 5.41) is 4.71. The molecule has 2 aromatic heterocycles. The molecular weight excluding hydrogens is 607 g/mol. The first-order valence-electron chi connectivity index (χ1n) is 17.1. The van der Waals surface area contributed by atoms with Crippen molar-refractivity contribution in [3.05, 3.63) is 188 Å². The Morgan fingerprint density at radius 3 is 1.48 bits per heavy atom. The zero-order chi connectivity index (χ0) is 33.0. The van der Waals surface area contributed by atoms with Gasteiger partial charge in [0.15, 0.2) is 0 Å². The number of rotatable bonds is 5. The summed E-state index contributed by atoms with van der Waals surface area (Å²) in [7, 11) is 0. The van der Waals surface area contributed by atoms with Crippen molar-refractivity contribution in [1.82, 2.24) is 4.57 Å². The Bertz CT molecular complexity index is 2790. The summed E-state index contributed by atoms with van der Waals surface area (Å²) in [5.41, 5.74) is 14.8. The van der Waals surface area contributed by atoms with Gasteiger partial charge in [0.2, 0.25) is 0 Å². The smallest absolute Gasteiger partial charge is 0.135 e. The van der Waals surface area contributed by atoms with E-state index < -0.39 is 0 Å². The third kappa shape index (κ3) is 4.65. The molecule has 0 atom stereocenters. The predicted octanol–water partition coefficient (Wildman–Crippen LogP) is 13.4. The molecule has 0 spiro atoms. The topological polar surface area (TPSA) is 18.1 Å². The lowest BCUT2D eigenvalue weighted by atomic mass is 9.97. The van der Waals surface area contributed by atoms with Crippen molar-refractivity contribution in [1.29, 1.82) is 0 Å². The van der Waals surface area contributed by atoms with E-state index in [1.807, 2.05) is 0 Å². The highest BCUT2D eigenvalue weighted by molar-refractivity contribution is 6.15. The maximum Gasteiger partial charge on any atom is 0.135 e. The van der Waals surface area contributed by atoms with Crippen LogP contribution in [0.3, 0.4) is 0 Å². The van der Waals surface area contributed by atoms with Crippen molar-refractivity contribution in [2.45, 2.75) is 0 Å². The van der Waals surface area contributed by atoms with Gasteiger partial charge in [-0.3, -0.25) is 0 Å². The van der Waals surface area contributed by atoms with Gasteiger partial charge in [-0.05, 0) is 87.5 Å². The monoisotopic (exact) mass is 637 g/mol. The lowest BCUT2D eigenvalue weighted by Gasteiger charge is -2.16. The Morgan fingerprint density at radius 2 is 0.840 bits per heavy atom.